The summed E-state index contributed by atoms with van der Waals surface area (Å²) in [5.74, 6) is 0.173. The number of rotatable bonds is 2. The van der Waals surface area contributed by atoms with Crippen LogP contribution in [0.1, 0.15) is 12.5 Å². The van der Waals surface area contributed by atoms with Crippen molar-refractivity contribution in [3.8, 4) is 6.07 Å². The van der Waals surface area contributed by atoms with Gasteiger partial charge in [0.2, 0.25) is 0 Å². The zero-order valence-corrected chi connectivity index (χ0v) is 12.3. The summed E-state index contributed by atoms with van der Waals surface area (Å²) in [6.45, 7) is 7.57. The maximum atomic E-state index is 13.3. The first-order valence-corrected chi connectivity index (χ1v) is 7.45. The van der Waals surface area contributed by atoms with Gasteiger partial charge in [-0.25, -0.2) is 4.39 Å². The lowest BCUT2D eigenvalue weighted by atomic mass is 10.0. The standard InChI is InChI=1S/C16H20FN3O/c1-12-10-20(11-16(12)19-4-6-21-7-5-19)15-3-2-14(17)8-13(15)9-18/h2-3,8,12,16H,4-7,10-11H2,1H3. The zero-order chi connectivity index (χ0) is 14.8. The molecule has 1 aromatic carbocycles. The van der Waals surface area contributed by atoms with Crippen LogP contribution in [0.25, 0.3) is 0 Å². The maximum absolute atomic E-state index is 13.3. The molecule has 0 aromatic heterocycles. The Morgan fingerprint density at radius 3 is 2.76 bits per heavy atom. The number of morpholine rings is 1. The summed E-state index contributed by atoms with van der Waals surface area (Å²) in [6, 6.07) is 7.06. The molecule has 2 aliphatic heterocycles. The molecule has 2 unspecified atom stereocenters. The monoisotopic (exact) mass is 289 g/mol. The molecule has 0 spiro atoms. The molecule has 2 fully saturated rings. The van der Waals surface area contributed by atoms with E-state index in [2.05, 4.69) is 22.8 Å². The van der Waals surface area contributed by atoms with Crippen LogP contribution in [0, 0.1) is 23.1 Å². The molecule has 0 aliphatic carbocycles. The van der Waals surface area contributed by atoms with E-state index < -0.39 is 0 Å². The van der Waals surface area contributed by atoms with Gasteiger partial charge < -0.3 is 9.64 Å². The minimum Gasteiger partial charge on any atom is -0.379 e. The van der Waals surface area contributed by atoms with Crippen molar-refractivity contribution < 1.29 is 9.13 Å². The number of benzene rings is 1. The molecule has 3 rings (SSSR count). The number of halogens is 1. The second kappa shape index (κ2) is 6.00. The van der Waals surface area contributed by atoms with Crippen LogP contribution in [-0.2, 0) is 4.74 Å². The van der Waals surface area contributed by atoms with Gasteiger partial charge in [0, 0.05) is 32.2 Å². The molecule has 0 radical (unpaired) electrons. The molecule has 112 valence electrons. The van der Waals surface area contributed by atoms with Crippen LogP contribution in [0.3, 0.4) is 0 Å². The predicted molar refractivity (Wildman–Crippen MR) is 78.7 cm³/mol. The van der Waals surface area contributed by atoms with E-state index in [0.29, 0.717) is 17.5 Å². The topological polar surface area (TPSA) is 39.5 Å². The van der Waals surface area contributed by atoms with Crippen LogP contribution in [0.4, 0.5) is 10.1 Å². The summed E-state index contributed by atoms with van der Waals surface area (Å²) in [5, 5.41) is 9.21. The highest BCUT2D eigenvalue weighted by Crippen LogP contribution is 2.30. The summed E-state index contributed by atoms with van der Waals surface area (Å²) >= 11 is 0. The molecule has 2 aliphatic rings. The van der Waals surface area contributed by atoms with E-state index in [9.17, 15) is 9.65 Å². The van der Waals surface area contributed by atoms with E-state index in [0.717, 1.165) is 45.1 Å². The van der Waals surface area contributed by atoms with E-state index in [1.807, 2.05) is 0 Å². The van der Waals surface area contributed by atoms with Gasteiger partial charge in [0.25, 0.3) is 0 Å². The fraction of sp³-hybridized carbons (Fsp3) is 0.562. The molecule has 2 heterocycles. The fourth-order valence-corrected chi connectivity index (χ4v) is 3.40. The van der Waals surface area contributed by atoms with Crippen LogP contribution in [0.15, 0.2) is 18.2 Å². The van der Waals surface area contributed by atoms with Gasteiger partial charge in [0.1, 0.15) is 11.9 Å². The quantitative estimate of drug-likeness (QED) is 0.833. The molecule has 0 bridgehead atoms. The molecule has 2 saturated heterocycles. The summed E-state index contributed by atoms with van der Waals surface area (Å²) < 4.78 is 18.7. The van der Waals surface area contributed by atoms with Crippen molar-refractivity contribution in [2.24, 2.45) is 5.92 Å². The average Bonchev–Trinajstić information content (AvgIpc) is 2.89. The smallest absolute Gasteiger partial charge is 0.124 e. The summed E-state index contributed by atoms with van der Waals surface area (Å²) in [4.78, 5) is 4.69. The molecule has 1 aromatic rings. The van der Waals surface area contributed by atoms with Crippen molar-refractivity contribution in [1.82, 2.24) is 4.90 Å². The fourth-order valence-electron chi connectivity index (χ4n) is 3.40. The number of hydrogen-bond donors (Lipinski definition) is 0. The summed E-state index contributed by atoms with van der Waals surface area (Å²) in [7, 11) is 0. The highest BCUT2D eigenvalue weighted by Gasteiger charge is 2.35. The van der Waals surface area contributed by atoms with Gasteiger partial charge in [0.15, 0.2) is 0 Å². The number of ether oxygens (including phenoxy) is 1. The molecule has 0 amide bonds. The zero-order valence-electron chi connectivity index (χ0n) is 12.3. The lowest BCUT2D eigenvalue weighted by Gasteiger charge is -2.34. The van der Waals surface area contributed by atoms with Crippen molar-refractivity contribution in [1.29, 1.82) is 5.26 Å². The highest BCUT2D eigenvalue weighted by molar-refractivity contribution is 5.60. The van der Waals surface area contributed by atoms with Gasteiger partial charge in [-0.3, -0.25) is 4.90 Å². The molecule has 21 heavy (non-hydrogen) atoms. The highest BCUT2D eigenvalue weighted by atomic mass is 19.1. The van der Waals surface area contributed by atoms with Gasteiger partial charge in [-0.05, 0) is 24.1 Å². The van der Waals surface area contributed by atoms with E-state index in [1.54, 1.807) is 6.07 Å². The van der Waals surface area contributed by atoms with Crippen molar-refractivity contribution in [2.75, 3.05) is 44.3 Å². The number of nitrogens with zero attached hydrogens (tertiary/aromatic N) is 3. The number of nitriles is 1. The SMILES string of the molecule is CC1CN(c2ccc(F)cc2C#N)CC1N1CCOCC1. The Hall–Kier alpha value is -1.64. The average molecular weight is 289 g/mol. The summed E-state index contributed by atoms with van der Waals surface area (Å²) in [6.07, 6.45) is 0. The predicted octanol–water partition coefficient (Wildman–Crippen LogP) is 1.85. The third-order valence-corrected chi connectivity index (χ3v) is 4.51. The number of anilines is 1. The first kappa shape index (κ1) is 14.3. The minimum atomic E-state index is -0.354. The molecule has 0 saturated carbocycles. The Kier molecular flexibility index (Phi) is 4.09. The normalized spacial score (nSPS) is 26.8. The third kappa shape index (κ3) is 2.87. The van der Waals surface area contributed by atoms with Gasteiger partial charge >= 0.3 is 0 Å². The minimum absolute atomic E-state index is 0.354. The Balaban J connectivity index is 1.78. The Labute approximate surface area is 124 Å². The van der Waals surface area contributed by atoms with Crippen LogP contribution >= 0.6 is 0 Å². The van der Waals surface area contributed by atoms with E-state index in [-0.39, 0.29) is 5.82 Å². The van der Waals surface area contributed by atoms with Crippen LogP contribution < -0.4 is 4.90 Å². The van der Waals surface area contributed by atoms with Gasteiger partial charge in [0.05, 0.1) is 24.5 Å². The first-order valence-electron chi connectivity index (χ1n) is 7.45. The molecule has 2 atom stereocenters. The molecule has 4 nitrogen and oxygen atoms in total. The Bertz CT molecular complexity index is 551. The van der Waals surface area contributed by atoms with E-state index >= 15 is 0 Å². The molecule has 5 heteroatoms. The summed E-state index contributed by atoms with van der Waals surface area (Å²) in [5.41, 5.74) is 1.27. The largest absolute Gasteiger partial charge is 0.379 e. The van der Waals surface area contributed by atoms with Crippen molar-refractivity contribution in [3.05, 3.63) is 29.6 Å². The lowest BCUT2D eigenvalue weighted by molar-refractivity contribution is 0.0134. The second-order valence-corrected chi connectivity index (χ2v) is 5.87. The first-order chi connectivity index (χ1) is 10.2. The molecule has 0 N–H and O–H groups in total. The second-order valence-electron chi connectivity index (χ2n) is 5.87. The maximum Gasteiger partial charge on any atom is 0.124 e. The Morgan fingerprint density at radius 1 is 1.29 bits per heavy atom. The van der Waals surface area contributed by atoms with E-state index in [4.69, 9.17) is 4.74 Å². The van der Waals surface area contributed by atoms with E-state index in [1.165, 1.54) is 12.1 Å². The van der Waals surface area contributed by atoms with Crippen LogP contribution in [0.2, 0.25) is 0 Å². The molecular formula is C16H20FN3O. The van der Waals surface area contributed by atoms with Crippen molar-refractivity contribution in [2.45, 2.75) is 13.0 Å². The molecular weight excluding hydrogens is 269 g/mol. The lowest BCUT2D eigenvalue weighted by Crippen LogP contribution is -2.46. The van der Waals surface area contributed by atoms with Gasteiger partial charge in [-0.15, -0.1) is 0 Å². The van der Waals surface area contributed by atoms with Gasteiger partial charge in [-0.1, -0.05) is 6.92 Å². The third-order valence-electron chi connectivity index (χ3n) is 4.51. The van der Waals surface area contributed by atoms with Crippen LogP contribution in [-0.4, -0.2) is 50.3 Å². The van der Waals surface area contributed by atoms with Crippen LogP contribution in [0.5, 0.6) is 0 Å². The Morgan fingerprint density at radius 2 is 2.05 bits per heavy atom. The number of hydrogen-bond acceptors (Lipinski definition) is 4. The van der Waals surface area contributed by atoms with Gasteiger partial charge in [-0.2, -0.15) is 5.26 Å². The van der Waals surface area contributed by atoms with Crippen molar-refractivity contribution in [3.63, 3.8) is 0 Å². The van der Waals surface area contributed by atoms with Crippen molar-refractivity contribution >= 4 is 5.69 Å².